The molecule has 5 fully saturated rings. The van der Waals surface area contributed by atoms with Crippen LogP contribution >= 0.6 is 11.6 Å². The quantitative estimate of drug-likeness (QED) is 0.537. The van der Waals surface area contributed by atoms with Gasteiger partial charge in [0, 0.05) is 35.1 Å². The van der Waals surface area contributed by atoms with Crippen LogP contribution in [-0.4, -0.2) is 29.4 Å². The number of nitrogens with one attached hydrogen (secondary N) is 2. The fraction of sp³-hybridized carbons (Fsp3) is 0.536. The zero-order chi connectivity index (χ0) is 24.2. The molecule has 2 unspecified atom stereocenters. The van der Waals surface area contributed by atoms with Crippen LogP contribution in [0.1, 0.15) is 50.5 Å². The van der Waals surface area contributed by atoms with Crippen LogP contribution in [0.4, 0.5) is 5.69 Å². The molecule has 2 amide bonds. The monoisotopic (exact) mass is 492 g/mol. The maximum Gasteiger partial charge on any atom is 0.237 e. The Labute approximate surface area is 211 Å². The number of hydrogen-bond acceptors (Lipinski definition) is 4. The van der Waals surface area contributed by atoms with Gasteiger partial charge in [-0.05, 0) is 98.4 Å². The van der Waals surface area contributed by atoms with Gasteiger partial charge < -0.3 is 16.4 Å². The number of aromatic nitrogens is 1. The minimum absolute atomic E-state index is 0.0130. The Morgan fingerprint density at radius 2 is 1.69 bits per heavy atom. The van der Waals surface area contributed by atoms with Crippen LogP contribution < -0.4 is 16.4 Å². The highest BCUT2D eigenvalue weighted by atomic mass is 35.5. The molecule has 6 nitrogen and oxygen atoms in total. The van der Waals surface area contributed by atoms with Gasteiger partial charge in [-0.3, -0.25) is 14.6 Å². The SMILES string of the molecule is N[C@H](C(=O)NCC1(c2ccc(Cl)cc2)CC1)C1C2CC3CC1CC(C(=O)Nc1ccncc1)(C3)C2. The Morgan fingerprint density at radius 3 is 2.31 bits per heavy atom. The first-order chi connectivity index (χ1) is 16.9. The van der Waals surface area contributed by atoms with Crippen LogP contribution in [0, 0.1) is 29.1 Å². The number of rotatable bonds is 7. The maximum absolute atomic E-state index is 13.4. The molecule has 0 aliphatic heterocycles. The molecule has 0 saturated heterocycles. The molecule has 5 aliphatic rings. The van der Waals surface area contributed by atoms with Crippen molar-refractivity contribution >= 4 is 29.1 Å². The predicted molar refractivity (Wildman–Crippen MR) is 136 cm³/mol. The highest BCUT2D eigenvalue weighted by Crippen LogP contribution is 2.63. The fourth-order valence-corrected chi connectivity index (χ4v) is 7.82. The molecule has 3 atom stereocenters. The molecule has 1 heterocycles. The molecule has 5 saturated carbocycles. The van der Waals surface area contributed by atoms with Crippen LogP contribution in [0.3, 0.4) is 0 Å². The minimum Gasteiger partial charge on any atom is -0.354 e. The Bertz CT molecular complexity index is 1100. The van der Waals surface area contributed by atoms with Crippen molar-refractivity contribution in [2.24, 2.45) is 34.8 Å². The normalized spacial score (nSPS) is 32.6. The lowest BCUT2D eigenvalue weighted by atomic mass is 9.45. The van der Waals surface area contributed by atoms with E-state index < -0.39 is 6.04 Å². The topological polar surface area (TPSA) is 97.1 Å². The lowest BCUT2D eigenvalue weighted by Crippen LogP contribution is -2.61. The summed E-state index contributed by atoms with van der Waals surface area (Å²) in [7, 11) is 0. The third-order valence-electron chi connectivity index (χ3n) is 9.39. The van der Waals surface area contributed by atoms with E-state index in [2.05, 4.69) is 27.8 Å². The molecule has 0 radical (unpaired) electrons. The second-order valence-corrected chi connectivity index (χ2v) is 12.0. The smallest absolute Gasteiger partial charge is 0.237 e. The van der Waals surface area contributed by atoms with Gasteiger partial charge in [0.2, 0.25) is 11.8 Å². The molecule has 0 spiro atoms. The first kappa shape index (κ1) is 23.0. The highest BCUT2D eigenvalue weighted by molar-refractivity contribution is 6.30. The summed E-state index contributed by atoms with van der Waals surface area (Å²) in [5, 5.41) is 7.05. The lowest BCUT2D eigenvalue weighted by Gasteiger charge is -2.60. The third-order valence-corrected chi connectivity index (χ3v) is 9.65. The molecule has 7 rings (SSSR count). The third kappa shape index (κ3) is 4.15. The van der Waals surface area contributed by atoms with E-state index in [-0.39, 0.29) is 28.6 Å². The van der Waals surface area contributed by atoms with Gasteiger partial charge in [-0.25, -0.2) is 0 Å². The molecule has 4 bridgehead atoms. The first-order valence-corrected chi connectivity index (χ1v) is 13.3. The summed E-state index contributed by atoms with van der Waals surface area (Å²) >= 11 is 6.05. The summed E-state index contributed by atoms with van der Waals surface area (Å²) in [6, 6.07) is 11.1. The van der Waals surface area contributed by atoms with E-state index in [1.165, 1.54) is 5.56 Å². The summed E-state index contributed by atoms with van der Waals surface area (Å²) in [4.78, 5) is 30.7. The number of halogens is 1. The molecule has 2 aromatic rings. The summed E-state index contributed by atoms with van der Waals surface area (Å²) in [6.07, 6.45) is 10.3. The van der Waals surface area contributed by atoms with Crippen molar-refractivity contribution in [1.82, 2.24) is 10.3 Å². The second-order valence-electron chi connectivity index (χ2n) is 11.5. The van der Waals surface area contributed by atoms with Gasteiger partial charge in [0.1, 0.15) is 0 Å². The number of nitrogens with two attached hydrogens (primary N) is 1. The number of anilines is 1. The summed E-state index contributed by atoms with van der Waals surface area (Å²) < 4.78 is 0. The average Bonchev–Trinajstić information content (AvgIpc) is 3.64. The molecule has 5 aliphatic carbocycles. The van der Waals surface area contributed by atoms with Gasteiger partial charge in [0.25, 0.3) is 0 Å². The van der Waals surface area contributed by atoms with E-state index in [9.17, 15) is 9.59 Å². The van der Waals surface area contributed by atoms with Crippen LogP contribution in [0.2, 0.25) is 5.02 Å². The van der Waals surface area contributed by atoms with Crippen LogP contribution in [-0.2, 0) is 15.0 Å². The van der Waals surface area contributed by atoms with Gasteiger partial charge >= 0.3 is 0 Å². The number of nitrogens with zero attached hydrogens (tertiary/aromatic N) is 1. The summed E-state index contributed by atoms with van der Waals surface area (Å²) in [6.45, 7) is 0.615. The Kier molecular flexibility index (Phi) is 5.65. The number of carbonyl (C=O) groups excluding carboxylic acids is 2. The summed E-state index contributed by atoms with van der Waals surface area (Å²) in [5.74, 6) is 1.45. The molecule has 1 aromatic heterocycles. The van der Waals surface area contributed by atoms with Gasteiger partial charge in [-0.1, -0.05) is 23.7 Å². The Morgan fingerprint density at radius 1 is 1.03 bits per heavy atom. The molecule has 7 heteroatoms. The van der Waals surface area contributed by atoms with Gasteiger partial charge in [-0.15, -0.1) is 0 Å². The number of carbonyl (C=O) groups is 2. The van der Waals surface area contributed by atoms with E-state index >= 15 is 0 Å². The van der Waals surface area contributed by atoms with Crippen molar-refractivity contribution in [1.29, 1.82) is 0 Å². The lowest BCUT2D eigenvalue weighted by molar-refractivity contribution is -0.151. The summed E-state index contributed by atoms with van der Waals surface area (Å²) in [5.41, 5.74) is 8.36. The van der Waals surface area contributed by atoms with Crippen molar-refractivity contribution in [2.75, 3.05) is 11.9 Å². The number of hydrogen-bond donors (Lipinski definition) is 3. The van der Waals surface area contributed by atoms with E-state index in [0.717, 1.165) is 55.7 Å². The minimum atomic E-state index is -0.522. The van der Waals surface area contributed by atoms with Crippen molar-refractivity contribution in [2.45, 2.75) is 56.4 Å². The molecule has 4 N–H and O–H groups in total. The predicted octanol–water partition coefficient (Wildman–Crippen LogP) is 4.29. The molecular formula is C28H33ClN4O2. The molecule has 35 heavy (non-hydrogen) atoms. The van der Waals surface area contributed by atoms with Crippen LogP contribution in [0.5, 0.6) is 0 Å². The number of amides is 2. The highest BCUT2D eigenvalue weighted by Gasteiger charge is 2.60. The van der Waals surface area contributed by atoms with Crippen molar-refractivity contribution in [3.63, 3.8) is 0 Å². The van der Waals surface area contributed by atoms with Crippen molar-refractivity contribution < 1.29 is 9.59 Å². The van der Waals surface area contributed by atoms with Crippen LogP contribution in [0.25, 0.3) is 0 Å². The first-order valence-electron chi connectivity index (χ1n) is 12.9. The van der Waals surface area contributed by atoms with Gasteiger partial charge in [0.15, 0.2) is 0 Å². The fourth-order valence-electron chi connectivity index (χ4n) is 7.70. The average molecular weight is 493 g/mol. The van der Waals surface area contributed by atoms with Gasteiger partial charge in [-0.2, -0.15) is 0 Å². The van der Waals surface area contributed by atoms with Gasteiger partial charge in [0.05, 0.1) is 11.5 Å². The van der Waals surface area contributed by atoms with Crippen molar-refractivity contribution in [3.8, 4) is 0 Å². The molecule has 184 valence electrons. The van der Waals surface area contributed by atoms with Crippen LogP contribution in [0.15, 0.2) is 48.8 Å². The number of benzene rings is 1. The molecule has 1 aromatic carbocycles. The second kappa shape index (κ2) is 8.59. The van der Waals surface area contributed by atoms with E-state index in [0.29, 0.717) is 24.3 Å². The maximum atomic E-state index is 13.4. The number of pyridine rings is 1. The zero-order valence-corrected chi connectivity index (χ0v) is 20.6. The van der Waals surface area contributed by atoms with E-state index in [4.69, 9.17) is 17.3 Å². The Hall–Kier alpha value is -2.44. The standard InChI is InChI=1S/C28H33ClN4O2/c29-21-3-1-20(2-4-21)27(7-8-27)16-32-25(34)24(30)23-18-11-17-12-19(23)15-28(13-17,14-18)26(35)33-22-5-9-31-10-6-22/h1-6,9-10,17-19,23-24H,7-8,11-16,30H2,(H,32,34)(H,31,33,35)/t17?,18?,19?,23?,24-,28?/m0/s1. The van der Waals surface area contributed by atoms with E-state index in [1.54, 1.807) is 12.4 Å². The zero-order valence-electron chi connectivity index (χ0n) is 19.9. The van der Waals surface area contributed by atoms with E-state index in [1.807, 2.05) is 24.3 Å². The van der Waals surface area contributed by atoms with Crippen molar-refractivity contribution in [3.05, 3.63) is 59.4 Å². The Balaban J connectivity index is 1.11. The molecular weight excluding hydrogens is 460 g/mol. The largest absolute Gasteiger partial charge is 0.354 e.